The lowest BCUT2D eigenvalue weighted by Gasteiger charge is -2.06. The highest BCUT2D eigenvalue weighted by molar-refractivity contribution is 5.88. The van der Waals surface area contributed by atoms with Gasteiger partial charge in [0.15, 0.2) is 0 Å². The molecular formula is C10H10N4O4. The molecule has 0 bridgehead atoms. The van der Waals surface area contributed by atoms with E-state index < -0.39 is 12.2 Å². The van der Waals surface area contributed by atoms with Crippen molar-refractivity contribution in [1.82, 2.24) is 0 Å². The third kappa shape index (κ3) is 4.31. The van der Waals surface area contributed by atoms with Gasteiger partial charge in [-0.15, -0.1) is 0 Å². The van der Waals surface area contributed by atoms with Crippen LogP contribution in [0.15, 0.2) is 34.6 Å². The van der Waals surface area contributed by atoms with Crippen LogP contribution in [-0.2, 0) is 9.68 Å². The highest BCUT2D eigenvalue weighted by Gasteiger charge is 2.05. The second-order valence-corrected chi connectivity index (χ2v) is 2.85. The summed E-state index contributed by atoms with van der Waals surface area (Å²) in [5.41, 5.74) is 0.793. The summed E-state index contributed by atoms with van der Waals surface area (Å²) < 4.78 is 0. The number of hydrogen-bond acceptors (Lipinski definition) is 6. The zero-order valence-electron chi connectivity index (χ0n) is 9.25. The van der Waals surface area contributed by atoms with Gasteiger partial charge in [-0.2, -0.15) is 0 Å². The lowest BCUT2D eigenvalue weighted by Crippen LogP contribution is -2.12. The summed E-state index contributed by atoms with van der Waals surface area (Å²) in [6.07, 6.45) is -1.59. The molecule has 8 heteroatoms. The van der Waals surface area contributed by atoms with Crippen molar-refractivity contribution >= 4 is 37.0 Å². The molecule has 0 radical (unpaired) electrons. The molecule has 0 atom stereocenters. The van der Waals surface area contributed by atoms with E-state index in [0.29, 0.717) is 11.4 Å². The van der Waals surface area contributed by atoms with Crippen molar-refractivity contribution in [2.45, 2.75) is 0 Å². The van der Waals surface area contributed by atoms with Crippen molar-refractivity contribution in [3.63, 3.8) is 0 Å². The average Bonchev–Trinajstić information content (AvgIpc) is 2.29. The molecule has 0 saturated carbocycles. The molecule has 0 aliphatic carbocycles. The first kappa shape index (κ1) is 13.2. The van der Waals surface area contributed by atoms with Gasteiger partial charge < -0.3 is 0 Å². The molecular weight excluding hydrogens is 240 g/mol. The van der Waals surface area contributed by atoms with Crippen molar-refractivity contribution in [3.05, 3.63) is 24.3 Å². The van der Waals surface area contributed by atoms with Gasteiger partial charge >= 0.3 is 12.2 Å². The number of anilines is 2. The fraction of sp³-hybridized carbons (Fsp3) is 0. The Balaban J connectivity index is 2.67. The van der Waals surface area contributed by atoms with E-state index >= 15 is 0 Å². The Morgan fingerprint density at radius 2 is 1.44 bits per heavy atom. The van der Waals surface area contributed by atoms with E-state index in [9.17, 15) is 9.59 Å². The Bertz CT molecular complexity index is 435. The van der Waals surface area contributed by atoms with Crippen LogP contribution in [0.4, 0.5) is 21.0 Å². The molecule has 1 aromatic rings. The molecule has 2 amide bonds. The quantitative estimate of drug-likeness (QED) is 0.484. The third-order valence-corrected chi connectivity index (χ3v) is 1.65. The number of hydrogen-bond donors (Lipinski definition) is 2. The SMILES string of the molecule is C=NOC(=O)Nc1cccc(NC(=O)ON=C)c1. The zero-order valence-corrected chi connectivity index (χ0v) is 9.25. The van der Waals surface area contributed by atoms with Crippen LogP contribution < -0.4 is 10.6 Å². The van der Waals surface area contributed by atoms with Gasteiger partial charge in [-0.1, -0.05) is 16.4 Å². The van der Waals surface area contributed by atoms with Crippen molar-refractivity contribution in [2.75, 3.05) is 10.6 Å². The Hall–Kier alpha value is -2.90. The molecule has 0 aliphatic heterocycles. The van der Waals surface area contributed by atoms with Gasteiger partial charge in [-0.05, 0) is 18.2 Å². The number of benzene rings is 1. The van der Waals surface area contributed by atoms with Crippen LogP contribution in [0.5, 0.6) is 0 Å². The Kier molecular flexibility index (Phi) is 4.85. The van der Waals surface area contributed by atoms with Crippen molar-refractivity contribution in [1.29, 1.82) is 0 Å². The topological polar surface area (TPSA) is 101 Å². The molecule has 0 heterocycles. The lowest BCUT2D eigenvalue weighted by atomic mass is 10.3. The molecule has 1 aromatic carbocycles. The van der Waals surface area contributed by atoms with Gasteiger partial charge in [0, 0.05) is 24.8 Å². The summed E-state index contributed by atoms with van der Waals surface area (Å²) in [6, 6.07) is 6.27. The van der Waals surface area contributed by atoms with Crippen LogP contribution in [0.3, 0.4) is 0 Å². The Labute approximate surface area is 102 Å². The molecule has 0 aliphatic rings. The highest BCUT2D eigenvalue weighted by Crippen LogP contribution is 2.15. The van der Waals surface area contributed by atoms with E-state index in [-0.39, 0.29) is 0 Å². The number of carbonyl (C=O) groups excluding carboxylic acids is 2. The number of nitrogens with zero attached hydrogens (tertiary/aromatic N) is 2. The number of oxime groups is 2. The minimum absolute atomic E-state index is 0.396. The molecule has 1 rings (SSSR count). The van der Waals surface area contributed by atoms with E-state index in [1.165, 1.54) is 6.07 Å². The Morgan fingerprint density at radius 3 is 1.83 bits per heavy atom. The minimum Gasteiger partial charge on any atom is -0.298 e. The van der Waals surface area contributed by atoms with Crippen LogP contribution in [-0.4, -0.2) is 25.6 Å². The smallest absolute Gasteiger partial charge is 0.298 e. The maximum absolute atomic E-state index is 11.0. The molecule has 0 unspecified atom stereocenters. The molecule has 0 fully saturated rings. The summed E-state index contributed by atoms with van der Waals surface area (Å²) in [5.74, 6) is 0. The molecule has 94 valence electrons. The zero-order chi connectivity index (χ0) is 13.4. The first-order valence-corrected chi connectivity index (χ1v) is 4.64. The Morgan fingerprint density at radius 1 is 1.00 bits per heavy atom. The van der Waals surface area contributed by atoms with Crippen LogP contribution in [0.2, 0.25) is 0 Å². The van der Waals surface area contributed by atoms with Crippen molar-refractivity contribution in [3.8, 4) is 0 Å². The summed E-state index contributed by atoms with van der Waals surface area (Å²) in [7, 11) is 0. The number of rotatable bonds is 4. The predicted octanol–water partition coefficient (Wildman–Crippen LogP) is 2.01. The summed E-state index contributed by atoms with van der Waals surface area (Å²) in [5, 5.41) is 10.6. The fourth-order valence-electron chi connectivity index (χ4n) is 1.07. The van der Waals surface area contributed by atoms with Gasteiger partial charge in [0.25, 0.3) is 0 Å². The molecule has 0 saturated heterocycles. The molecule has 0 spiro atoms. The molecule has 8 nitrogen and oxygen atoms in total. The summed E-state index contributed by atoms with van der Waals surface area (Å²) in [6.45, 7) is 5.99. The number of nitrogens with one attached hydrogen (secondary N) is 2. The monoisotopic (exact) mass is 250 g/mol. The van der Waals surface area contributed by atoms with Gasteiger partial charge in [0.05, 0.1) is 0 Å². The second kappa shape index (κ2) is 6.63. The summed E-state index contributed by atoms with van der Waals surface area (Å²) in [4.78, 5) is 30.6. The predicted molar refractivity (Wildman–Crippen MR) is 65.7 cm³/mol. The number of carbonyl (C=O) groups is 2. The van der Waals surface area contributed by atoms with Crippen molar-refractivity contribution < 1.29 is 19.3 Å². The van der Waals surface area contributed by atoms with Crippen LogP contribution in [0.25, 0.3) is 0 Å². The van der Waals surface area contributed by atoms with E-state index in [4.69, 9.17) is 0 Å². The first-order valence-electron chi connectivity index (χ1n) is 4.64. The van der Waals surface area contributed by atoms with E-state index in [1.807, 2.05) is 0 Å². The van der Waals surface area contributed by atoms with Crippen LogP contribution in [0.1, 0.15) is 0 Å². The van der Waals surface area contributed by atoms with E-state index in [1.54, 1.807) is 18.2 Å². The van der Waals surface area contributed by atoms with Gasteiger partial charge in [0.1, 0.15) is 0 Å². The molecule has 2 N–H and O–H groups in total. The summed E-state index contributed by atoms with van der Waals surface area (Å²) >= 11 is 0. The van der Waals surface area contributed by atoms with Crippen LogP contribution in [0, 0.1) is 0 Å². The van der Waals surface area contributed by atoms with Crippen molar-refractivity contribution in [2.24, 2.45) is 10.3 Å². The van der Waals surface area contributed by atoms with Gasteiger partial charge in [-0.25, -0.2) is 9.59 Å². The van der Waals surface area contributed by atoms with Crippen LogP contribution >= 0.6 is 0 Å². The number of amides is 2. The largest absolute Gasteiger partial charge is 0.437 e. The minimum atomic E-state index is -0.794. The fourth-order valence-corrected chi connectivity index (χ4v) is 1.07. The molecule has 18 heavy (non-hydrogen) atoms. The van der Waals surface area contributed by atoms with Gasteiger partial charge in [0.2, 0.25) is 0 Å². The second-order valence-electron chi connectivity index (χ2n) is 2.85. The van der Waals surface area contributed by atoms with E-state index in [0.717, 1.165) is 0 Å². The lowest BCUT2D eigenvalue weighted by molar-refractivity contribution is 0.167. The maximum Gasteiger partial charge on any atom is 0.437 e. The molecule has 0 aromatic heterocycles. The standard InChI is InChI=1S/C10H10N4O4/c1-11-17-9(15)13-7-4-3-5-8(6-7)14-10(16)18-12-2/h3-6H,1-2H2,(H,13,15)(H,14,16). The maximum atomic E-state index is 11.0. The normalized spacial score (nSPS) is 8.89. The first-order chi connectivity index (χ1) is 8.65. The van der Waals surface area contributed by atoms with Gasteiger partial charge in [-0.3, -0.25) is 20.3 Å². The average molecular weight is 250 g/mol. The third-order valence-electron chi connectivity index (χ3n) is 1.65. The van der Waals surface area contributed by atoms with E-state index in [2.05, 4.69) is 44.1 Å². The highest BCUT2D eigenvalue weighted by atomic mass is 16.7.